The van der Waals surface area contributed by atoms with Crippen LogP contribution >= 0.6 is 0 Å². The van der Waals surface area contributed by atoms with Crippen LogP contribution in [-0.2, 0) is 0 Å². The van der Waals surface area contributed by atoms with Crippen LogP contribution < -0.4 is 4.90 Å². The Bertz CT molecular complexity index is 3250. The summed E-state index contributed by atoms with van der Waals surface area (Å²) in [5, 5.41) is 4.77. The summed E-state index contributed by atoms with van der Waals surface area (Å²) in [5.41, 5.74) is 17.0. The normalized spacial score (nSPS) is 11.3. The Hall–Kier alpha value is -7.94. The Morgan fingerprint density at radius 2 is 0.650 bits per heavy atom. The van der Waals surface area contributed by atoms with Gasteiger partial charge in [-0.25, -0.2) is 0 Å². The molecule has 0 radical (unpaired) electrons. The van der Waals surface area contributed by atoms with Crippen LogP contribution in [0.2, 0.25) is 0 Å². The van der Waals surface area contributed by atoms with Gasteiger partial charge in [0.15, 0.2) is 0 Å². The number of anilines is 3. The first kappa shape index (κ1) is 35.2. The van der Waals surface area contributed by atoms with E-state index in [2.05, 4.69) is 229 Å². The number of furan rings is 1. The zero-order chi connectivity index (χ0) is 39.8. The van der Waals surface area contributed by atoms with Crippen LogP contribution in [0.25, 0.3) is 88.3 Å². The van der Waals surface area contributed by atoms with Gasteiger partial charge in [0.25, 0.3) is 0 Å². The van der Waals surface area contributed by atoms with Crippen molar-refractivity contribution in [1.29, 1.82) is 0 Å². The van der Waals surface area contributed by atoms with Crippen molar-refractivity contribution in [1.82, 2.24) is 0 Å². The summed E-state index contributed by atoms with van der Waals surface area (Å²) >= 11 is 0. The average molecular weight is 766 g/mol. The molecule has 0 aliphatic heterocycles. The quantitative estimate of drug-likeness (QED) is 0.153. The molecule has 0 N–H and O–H groups in total. The molecule has 282 valence electrons. The van der Waals surface area contributed by atoms with Crippen LogP contribution in [0, 0.1) is 0 Å². The summed E-state index contributed by atoms with van der Waals surface area (Å²) in [6.07, 6.45) is 0. The van der Waals surface area contributed by atoms with Crippen LogP contribution in [0.4, 0.5) is 17.1 Å². The Balaban J connectivity index is 0.913. The topological polar surface area (TPSA) is 16.4 Å². The van der Waals surface area contributed by atoms with Gasteiger partial charge in [0, 0.05) is 27.8 Å². The van der Waals surface area contributed by atoms with E-state index in [0.29, 0.717) is 0 Å². The van der Waals surface area contributed by atoms with Crippen LogP contribution in [0.15, 0.2) is 241 Å². The molecule has 0 saturated heterocycles. The second kappa shape index (κ2) is 15.1. The molecule has 1 aromatic heterocycles. The molecule has 0 aliphatic rings. The van der Waals surface area contributed by atoms with Gasteiger partial charge in [-0.15, -0.1) is 0 Å². The smallest absolute Gasteiger partial charge is 0.135 e. The highest BCUT2D eigenvalue weighted by Crippen LogP contribution is 2.40. The number of hydrogen-bond donors (Lipinski definition) is 0. The van der Waals surface area contributed by atoms with Crippen LogP contribution in [0.1, 0.15) is 0 Å². The lowest BCUT2D eigenvalue weighted by Crippen LogP contribution is -2.09. The highest BCUT2D eigenvalue weighted by molar-refractivity contribution is 6.06. The number of nitrogens with zero attached hydrogens (tertiary/aromatic N) is 1. The van der Waals surface area contributed by atoms with Gasteiger partial charge in [0.2, 0.25) is 0 Å². The first-order valence-corrected chi connectivity index (χ1v) is 20.5. The summed E-state index contributed by atoms with van der Waals surface area (Å²) in [4.78, 5) is 2.34. The SMILES string of the molecule is c1ccc(-c2ccc(-c3ccc(-c4ccc(N(c5ccc(-c6ccc7oc8ccccc8c7c6)cc5)c5ccc(-c6cccc7ccccc67)cc5)cc4)cc3)cc2)cc1. The molecular weight excluding hydrogens is 727 g/mol. The fourth-order valence-electron chi connectivity index (χ4n) is 8.57. The van der Waals surface area contributed by atoms with E-state index in [-0.39, 0.29) is 0 Å². The maximum absolute atomic E-state index is 6.12. The van der Waals surface area contributed by atoms with Crippen LogP contribution in [0.3, 0.4) is 0 Å². The molecule has 10 aromatic carbocycles. The third kappa shape index (κ3) is 6.61. The van der Waals surface area contributed by atoms with Crippen LogP contribution in [0.5, 0.6) is 0 Å². The van der Waals surface area contributed by atoms with Gasteiger partial charge in [-0.1, -0.05) is 182 Å². The van der Waals surface area contributed by atoms with Gasteiger partial charge in [-0.05, 0) is 121 Å². The molecule has 0 bridgehead atoms. The van der Waals surface area contributed by atoms with Gasteiger partial charge in [0.1, 0.15) is 11.2 Å². The van der Waals surface area contributed by atoms with Gasteiger partial charge in [0.05, 0.1) is 0 Å². The molecule has 0 unspecified atom stereocenters. The summed E-state index contributed by atoms with van der Waals surface area (Å²) in [6.45, 7) is 0. The number of benzene rings is 10. The first-order valence-electron chi connectivity index (χ1n) is 20.5. The van der Waals surface area contributed by atoms with Gasteiger partial charge in [-0.3, -0.25) is 0 Å². The number of fused-ring (bicyclic) bond motifs is 4. The Morgan fingerprint density at radius 1 is 0.250 bits per heavy atom. The molecule has 0 saturated carbocycles. The third-order valence-electron chi connectivity index (χ3n) is 11.7. The molecule has 2 heteroatoms. The van der Waals surface area contributed by atoms with E-state index in [4.69, 9.17) is 4.42 Å². The summed E-state index contributed by atoms with van der Waals surface area (Å²) in [6, 6.07) is 84.9. The highest BCUT2D eigenvalue weighted by atomic mass is 16.3. The highest BCUT2D eigenvalue weighted by Gasteiger charge is 2.15. The molecule has 0 amide bonds. The predicted molar refractivity (Wildman–Crippen MR) is 253 cm³/mol. The third-order valence-corrected chi connectivity index (χ3v) is 11.7. The van der Waals surface area contributed by atoms with Crippen molar-refractivity contribution in [2.45, 2.75) is 0 Å². The Kier molecular flexibility index (Phi) is 8.87. The lowest BCUT2D eigenvalue weighted by Gasteiger charge is -2.26. The molecule has 2 nitrogen and oxygen atoms in total. The number of para-hydroxylation sites is 1. The van der Waals surface area contributed by atoms with Gasteiger partial charge >= 0.3 is 0 Å². The van der Waals surface area contributed by atoms with Crippen molar-refractivity contribution in [2.75, 3.05) is 4.90 Å². The zero-order valence-electron chi connectivity index (χ0n) is 32.9. The van der Waals surface area contributed by atoms with Gasteiger partial charge in [-0.2, -0.15) is 0 Å². The average Bonchev–Trinajstić information content (AvgIpc) is 3.71. The fraction of sp³-hybridized carbons (Fsp3) is 0. The van der Waals surface area contributed by atoms with E-state index < -0.39 is 0 Å². The van der Waals surface area contributed by atoms with E-state index in [1.54, 1.807) is 0 Å². The zero-order valence-corrected chi connectivity index (χ0v) is 32.9. The van der Waals surface area contributed by atoms with E-state index in [9.17, 15) is 0 Å². The Morgan fingerprint density at radius 3 is 1.23 bits per heavy atom. The van der Waals surface area contributed by atoms with Crippen molar-refractivity contribution >= 4 is 49.8 Å². The van der Waals surface area contributed by atoms with Crippen molar-refractivity contribution in [3.8, 4) is 55.6 Å². The van der Waals surface area contributed by atoms with E-state index in [1.807, 2.05) is 12.1 Å². The molecule has 0 atom stereocenters. The molecular formula is C58H39NO. The maximum Gasteiger partial charge on any atom is 0.135 e. The van der Waals surface area contributed by atoms with Crippen molar-refractivity contribution < 1.29 is 4.42 Å². The second-order valence-electron chi connectivity index (χ2n) is 15.3. The minimum absolute atomic E-state index is 0.905. The molecule has 60 heavy (non-hydrogen) atoms. The summed E-state index contributed by atoms with van der Waals surface area (Å²) in [5.74, 6) is 0. The molecule has 11 aromatic rings. The monoisotopic (exact) mass is 765 g/mol. The minimum atomic E-state index is 0.905. The van der Waals surface area contributed by atoms with Crippen molar-refractivity contribution in [2.24, 2.45) is 0 Å². The minimum Gasteiger partial charge on any atom is -0.456 e. The van der Waals surface area contributed by atoms with E-state index in [0.717, 1.165) is 50.1 Å². The molecule has 1 heterocycles. The largest absolute Gasteiger partial charge is 0.456 e. The summed E-state index contributed by atoms with van der Waals surface area (Å²) in [7, 11) is 0. The molecule has 11 rings (SSSR count). The number of hydrogen-bond acceptors (Lipinski definition) is 2. The molecule has 0 aliphatic carbocycles. The molecule has 0 spiro atoms. The predicted octanol–water partition coefficient (Wildman–Crippen LogP) is 16.5. The maximum atomic E-state index is 6.12. The second-order valence-corrected chi connectivity index (χ2v) is 15.3. The first-order chi connectivity index (χ1) is 29.7. The van der Waals surface area contributed by atoms with Crippen molar-refractivity contribution in [3.63, 3.8) is 0 Å². The summed E-state index contributed by atoms with van der Waals surface area (Å²) < 4.78 is 6.12. The lowest BCUT2D eigenvalue weighted by atomic mass is 9.97. The number of rotatable bonds is 8. The standard InChI is InChI=1S/C58H39NO/c1-2-9-40(10-3-1)41-17-19-42(20-18-41)43-21-23-44(24-22-43)45-25-32-50(33-26-45)59(52-36-29-48(30-37-52)54-15-8-12-47-11-4-5-13-53(47)54)51-34-27-46(28-35-51)49-31-38-58-56(39-49)55-14-6-7-16-57(55)60-58/h1-39H. The lowest BCUT2D eigenvalue weighted by molar-refractivity contribution is 0.669. The van der Waals surface area contributed by atoms with Crippen molar-refractivity contribution in [3.05, 3.63) is 237 Å². The van der Waals surface area contributed by atoms with Crippen LogP contribution in [-0.4, -0.2) is 0 Å². The molecule has 0 fully saturated rings. The van der Waals surface area contributed by atoms with E-state index >= 15 is 0 Å². The van der Waals surface area contributed by atoms with Gasteiger partial charge < -0.3 is 9.32 Å². The fourth-order valence-corrected chi connectivity index (χ4v) is 8.57. The van der Waals surface area contributed by atoms with E-state index in [1.165, 1.54) is 55.3 Å². The Labute approximate surface area is 349 Å².